The maximum absolute atomic E-state index is 12.0. The number of nitrogens with zero attached hydrogens (tertiary/aromatic N) is 2. The van der Waals surface area contributed by atoms with Crippen LogP contribution < -0.4 is 16.6 Å². The van der Waals surface area contributed by atoms with Gasteiger partial charge < -0.3 is 11.1 Å². The zero-order valence-electron chi connectivity index (χ0n) is 11.3. The molecule has 1 fully saturated rings. The number of hydrogen-bond donors (Lipinski definition) is 2. The Morgan fingerprint density at radius 3 is 2.70 bits per heavy atom. The molecule has 0 atom stereocenters. The Balaban J connectivity index is 1.97. The molecule has 1 aliphatic rings. The molecule has 0 saturated heterocycles. The predicted molar refractivity (Wildman–Crippen MR) is 77.6 cm³/mol. The van der Waals surface area contributed by atoms with Crippen molar-refractivity contribution in [2.24, 2.45) is 0 Å². The lowest BCUT2D eigenvalue weighted by atomic mass is 10.1. The Hall–Kier alpha value is -1.56. The number of anilines is 1. The first-order chi connectivity index (χ1) is 9.58. The zero-order chi connectivity index (χ0) is 14.5. The highest BCUT2D eigenvalue weighted by molar-refractivity contribution is 6.31. The highest BCUT2D eigenvalue weighted by Crippen LogP contribution is 2.17. The van der Waals surface area contributed by atoms with E-state index in [-0.39, 0.29) is 29.3 Å². The van der Waals surface area contributed by atoms with Crippen LogP contribution in [0.1, 0.15) is 38.5 Å². The highest BCUT2D eigenvalue weighted by Gasteiger charge is 2.16. The van der Waals surface area contributed by atoms with Gasteiger partial charge in [0.2, 0.25) is 5.91 Å². The van der Waals surface area contributed by atoms with Crippen LogP contribution in [0.25, 0.3) is 0 Å². The smallest absolute Gasteiger partial charge is 0.278 e. The van der Waals surface area contributed by atoms with Gasteiger partial charge in [-0.1, -0.05) is 37.3 Å². The molecule has 0 spiro atoms. The number of nitrogen functional groups attached to an aromatic ring is 1. The van der Waals surface area contributed by atoms with Crippen molar-refractivity contribution in [1.82, 2.24) is 14.9 Å². The molecule has 1 aromatic rings. The molecular formula is C13H19ClN4O2. The maximum Gasteiger partial charge on any atom is 0.278 e. The van der Waals surface area contributed by atoms with Gasteiger partial charge in [0.15, 0.2) is 5.15 Å². The molecule has 0 bridgehead atoms. The van der Waals surface area contributed by atoms with Crippen molar-refractivity contribution in [2.45, 2.75) is 51.1 Å². The maximum atomic E-state index is 12.0. The van der Waals surface area contributed by atoms with Crippen molar-refractivity contribution < 1.29 is 4.79 Å². The molecule has 3 N–H and O–H groups in total. The largest absolute Gasteiger partial charge is 0.392 e. The molecule has 6 nitrogen and oxygen atoms in total. The first kappa shape index (κ1) is 14.8. The number of nitrogens with one attached hydrogen (secondary N) is 1. The van der Waals surface area contributed by atoms with Crippen LogP contribution in [-0.2, 0) is 11.3 Å². The minimum atomic E-state index is -0.485. The van der Waals surface area contributed by atoms with Crippen LogP contribution in [0.2, 0.25) is 5.15 Å². The van der Waals surface area contributed by atoms with E-state index in [1.165, 1.54) is 23.7 Å². The van der Waals surface area contributed by atoms with Crippen molar-refractivity contribution in [3.63, 3.8) is 0 Å². The summed E-state index contributed by atoms with van der Waals surface area (Å²) in [7, 11) is 0. The number of halogens is 1. The summed E-state index contributed by atoms with van der Waals surface area (Å²) in [6.45, 7) is -0.0797. The topological polar surface area (TPSA) is 90.0 Å². The van der Waals surface area contributed by atoms with Gasteiger partial charge in [-0.25, -0.2) is 4.98 Å². The Labute approximate surface area is 122 Å². The number of hydrogen-bond acceptors (Lipinski definition) is 4. The Kier molecular flexibility index (Phi) is 5.00. The molecule has 1 saturated carbocycles. The molecule has 20 heavy (non-hydrogen) atoms. The zero-order valence-corrected chi connectivity index (χ0v) is 12.0. The summed E-state index contributed by atoms with van der Waals surface area (Å²) in [5, 5.41) is 2.94. The van der Waals surface area contributed by atoms with Crippen molar-refractivity contribution in [2.75, 3.05) is 5.73 Å². The molecule has 0 unspecified atom stereocenters. The molecule has 1 amide bonds. The van der Waals surface area contributed by atoms with Gasteiger partial charge in [-0.2, -0.15) is 0 Å². The molecule has 2 rings (SSSR count). The summed E-state index contributed by atoms with van der Waals surface area (Å²) >= 11 is 5.65. The van der Waals surface area contributed by atoms with Gasteiger partial charge in [0.05, 0.1) is 6.33 Å². The number of nitrogens with two attached hydrogens (primary N) is 1. The number of aromatic nitrogens is 2. The van der Waals surface area contributed by atoms with Gasteiger partial charge in [-0.3, -0.25) is 14.2 Å². The summed E-state index contributed by atoms with van der Waals surface area (Å²) in [6.07, 6.45) is 7.98. The van der Waals surface area contributed by atoms with Gasteiger partial charge in [-0.05, 0) is 12.8 Å². The van der Waals surface area contributed by atoms with Crippen LogP contribution in [0.15, 0.2) is 11.1 Å². The minimum absolute atomic E-state index is 0.0320. The number of rotatable bonds is 3. The van der Waals surface area contributed by atoms with Crippen LogP contribution in [0.3, 0.4) is 0 Å². The summed E-state index contributed by atoms with van der Waals surface area (Å²) in [4.78, 5) is 27.6. The fraction of sp³-hybridized carbons (Fsp3) is 0.615. The Bertz CT molecular complexity index is 536. The lowest BCUT2D eigenvalue weighted by molar-refractivity contribution is -0.122. The normalized spacial score (nSPS) is 16.6. The van der Waals surface area contributed by atoms with E-state index in [2.05, 4.69) is 10.3 Å². The minimum Gasteiger partial charge on any atom is -0.392 e. The van der Waals surface area contributed by atoms with Crippen molar-refractivity contribution in [3.05, 3.63) is 21.8 Å². The first-order valence-corrected chi connectivity index (χ1v) is 7.25. The highest BCUT2D eigenvalue weighted by atomic mass is 35.5. The third kappa shape index (κ3) is 3.72. The molecule has 1 aliphatic carbocycles. The van der Waals surface area contributed by atoms with Crippen molar-refractivity contribution in [1.29, 1.82) is 0 Å². The van der Waals surface area contributed by atoms with Crippen LogP contribution in [-0.4, -0.2) is 21.5 Å². The third-order valence-corrected chi connectivity index (χ3v) is 3.86. The van der Waals surface area contributed by atoms with Gasteiger partial charge in [0.25, 0.3) is 5.56 Å². The van der Waals surface area contributed by atoms with Gasteiger partial charge in [0.1, 0.15) is 12.2 Å². The molecule has 110 valence electrons. The molecule has 7 heteroatoms. The van der Waals surface area contributed by atoms with Crippen LogP contribution in [0.5, 0.6) is 0 Å². The molecule has 1 aromatic heterocycles. The van der Waals surface area contributed by atoms with Crippen molar-refractivity contribution in [3.8, 4) is 0 Å². The predicted octanol–water partition coefficient (Wildman–Crippen LogP) is 1.32. The quantitative estimate of drug-likeness (QED) is 0.650. The average Bonchev–Trinajstić information content (AvgIpc) is 2.68. The summed E-state index contributed by atoms with van der Waals surface area (Å²) in [6, 6.07) is 0.207. The fourth-order valence-corrected chi connectivity index (χ4v) is 2.57. The summed E-state index contributed by atoms with van der Waals surface area (Å²) in [5.41, 5.74) is 4.89. The van der Waals surface area contributed by atoms with E-state index in [4.69, 9.17) is 17.3 Å². The second-order valence-corrected chi connectivity index (χ2v) is 5.50. The number of amides is 1. The molecule has 0 radical (unpaired) electrons. The average molecular weight is 299 g/mol. The second kappa shape index (κ2) is 6.74. The fourth-order valence-electron chi connectivity index (χ4n) is 2.45. The first-order valence-electron chi connectivity index (χ1n) is 6.87. The van der Waals surface area contributed by atoms with E-state index in [1.807, 2.05) is 0 Å². The third-order valence-electron chi connectivity index (χ3n) is 3.56. The summed E-state index contributed by atoms with van der Waals surface area (Å²) < 4.78 is 1.17. The van der Waals surface area contributed by atoms with Crippen LogP contribution in [0.4, 0.5) is 5.69 Å². The number of carbonyl (C=O) groups excluding carboxylic acids is 1. The molecule has 1 heterocycles. The van der Waals surface area contributed by atoms with Crippen LogP contribution >= 0.6 is 11.6 Å². The van der Waals surface area contributed by atoms with E-state index < -0.39 is 5.56 Å². The van der Waals surface area contributed by atoms with E-state index in [1.54, 1.807) is 0 Å². The molecule has 0 aromatic carbocycles. The van der Waals surface area contributed by atoms with Gasteiger partial charge >= 0.3 is 0 Å². The molecule has 0 aliphatic heterocycles. The lowest BCUT2D eigenvalue weighted by Gasteiger charge is -2.16. The second-order valence-electron chi connectivity index (χ2n) is 5.14. The van der Waals surface area contributed by atoms with E-state index >= 15 is 0 Å². The Morgan fingerprint density at radius 1 is 1.40 bits per heavy atom. The van der Waals surface area contributed by atoms with E-state index in [0.29, 0.717) is 0 Å². The van der Waals surface area contributed by atoms with Crippen molar-refractivity contribution >= 4 is 23.2 Å². The lowest BCUT2D eigenvalue weighted by Crippen LogP contribution is -2.39. The standard InChI is InChI=1S/C13H19ClN4O2/c14-12-11(15)13(20)18(8-16-12)7-10(19)17-9-5-3-1-2-4-6-9/h8-9H,1-7,15H2,(H,17,19). The Morgan fingerprint density at radius 2 is 2.05 bits per heavy atom. The van der Waals surface area contributed by atoms with Gasteiger partial charge in [0, 0.05) is 6.04 Å². The van der Waals surface area contributed by atoms with E-state index in [0.717, 1.165) is 25.7 Å². The monoisotopic (exact) mass is 298 g/mol. The van der Waals surface area contributed by atoms with E-state index in [9.17, 15) is 9.59 Å². The van der Waals surface area contributed by atoms with Crippen LogP contribution in [0, 0.1) is 0 Å². The number of carbonyl (C=O) groups is 1. The summed E-state index contributed by atoms with van der Waals surface area (Å²) in [5.74, 6) is -0.192. The van der Waals surface area contributed by atoms with Gasteiger partial charge in [-0.15, -0.1) is 0 Å². The SMILES string of the molecule is Nc1c(Cl)ncn(CC(=O)NC2CCCCCC2)c1=O. The molecular weight excluding hydrogens is 280 g/mol.